The SMILES string of the molecule is CCC1CCCN1CC(C)OC. The summed E-state index contributed by atoms with van der Waals surface area (Å²) in [6.07, 6.45) is 4.43. The lowest BCUT2D eigenvalue weighted by atomic mass is 10.1. The molecule has 0 aliphatic carbocycles. The van der Waals surface area contributed by atoms with Crippen LogP contribution in [0.4, 0.5) is 0 Å². The van der Waals surface area contributed by atoms with Crippen LogP contribution in [0.5, 0.6) is 0 Å². The van der Waals surface area contributed by atoms with Crippen LogP contribution in [0.2, 0.25) is 0 Å². The lowest BCUT2D eigenvalue weighted by Crippen LogP contribution is -2.35. The van der Waals surface area contributed by atoms with Crippen LogP contribution in [-0.2, 0) is 4.74 Å². The lowest BCUT2D eigenvalue weighted by Gasteiger charge is -2.25. The van der Waals surface area contributed by atoms with Crippen LogP contribution in [0.1, 0.15) is 33.1 Å². The van der Waals surface area contributed by atoms with E-state index in [2.05, 4.69) is 18.7 Å². The third-order valence-corrected chi connectivity index (χ3v) is 2.86. The minimum absolute atomic E-state index is 0.386. The first-order chi connectivity index (χ1) is 5.77. The Balaban J connectivity index is 2.30. The van der Waals surface area contributed by atoms with E-state index in [9.17, 15) is 0 Å². The summed E-state index contributed by atoms with van der Waals surface area (Å²) in [6, 6.07) is 0.822. The van der Waals surface area contributed by atoms with E-state index in [1.54, 1.807) is 7.11 Å². The molecule has 0 aromatic carbocycles. The Morgan fingerprint density at radius 2 is 2.33 bits per heavy atom. The second-order valence-corrected chi connectivity index (χ2v) is 3.75. The number of rotatable bonds is 4. The van der Waals surface area contributed by atoms with Crippen LogP contribution < -0.4 is 0 Å². The zero-order valence-electron chi connectivity index (χ0n) is 8.55. The van der Waals surface area contributed by atoms with Crippen molar-refractivity contribution >= 4 is 0 Å². The molecule has 0 N–H and O–H groups in total. The van der Waals surface area contributed by atoms with Crippen LogP contribution in [0.25, 0.3) is 0 Å². The standard InChI is InChI=1S/C10H21NO/c1-4-10-6-5-7-11(10)8-9(2)12-3/h9-10H,4-8H2,1-3H3. The summed E-state index contributed by atoms with van der Waals surface area (Å²) in [6.45, 7) is 6.80. The molecule has 0 aromatic heterocycles. The quantitative estimate of drug-likeness (QED) is 0.640. The Morgan fingerprint density at radius 3 is 2.92 bits per heavy atom. The zero-order valence-corrected chi connectivity index (χ0v) is 8.55. The molecule has 12 heavy (non-hydrogen) atoms. The van der Waals surface area contributed by atoms with E-state index in [0.29, 0.717) is 6.10 Å². The maximum atomic E-state index is 5.26. The van der Waals surface area contributed by atoms with Gasteiger partial charge in [0, 0.05) is 19.7 Å². The van der Waals surface area contributed by atoms with Crippen LogP contribution in [0.3, 0.4) is 0 Å². The molecule has 1 fully saturated rings. The molecule has 1 aliphatic rings. The van der Waals surface area contributed by atoms with Crippen molar-refractivity contribution < 1.29 is 4.74 Å². The highest BCUT2D eigenvalue weighted by atomic mass is 16.5. The molecular formula is C10H21NO. The van der Waals surface area contributed by atoms with Gasteiger partial charge in [-0.05, 0) is 32.7 Å². The highest BCUT2D eigenvalue weighted by Crippen LogP contribution is 2.19. The van der Waals surface area contributed by atoms with E-state index < -0.39 is 0 Å². The van der Waals surface area contributed by atoms with Gasteiger partial charge in [0.05, 0.1) is 6.10 Å². The third-order valence-electron chi connectivity index (χ3n) is 2.86. The van der Waals surface area contributed by atoms with Gasteiger partial charge in [-0.1, -0.05) is 6.92 Å². The largest absolute Gasteiger partial charge is 0.380 e. The van der Waals surface area contributed by atoms with Gasteiger partial charge in [-0.2, -0.15) is 0 Å². The molecule has 0 aromatic rings. The molecule has 1 saturated heterocycles. The van der Waals surface area contributed by atoms with Crippen molar-refractivity contribution in [3.63, 3.8) is 0 Å². The van der Waals surface area contributed by atoms with Crippen LogP contribution in [0.15, 0.2) is 0 Å². The number of hydrogen-bond acceptors (Lipinski definition) is 2. The van der Waals surface area contributed by atoms with Crippen molar-refractivity contribution in [1.29, 1.82) is 0 Å². The molecular weight excluding hydrogens is 150 g/mol. The summed E-state index contributed by atoms with van der Waals surface area (Å²) in [5, 5.41) is 0. The molecule has 0 spiro atoms. The van der Waals surface area contributed by atoms with Gasteiger partial charge in [0.15, 0.2) is 0 Å². The molecule has 0 saturated carbocycles. The Bertz CT molecular complexity index is 127. The van der Waals surface area contributed by atoms with Crippen molar-refractivity contribution in [3.05, 3.63) is 0 Å². The Morgan fingerprint density at radius 1 is 1.58 bits per heavy atom. The Hall–Kier alpha value is -0.0800. The fourth-order valence-corrected chi connectivity index (χ4v) is 2.00. The predicted molar refractivity (Wildman–Crippen MR) is 51.4 cm³/mol. The minimum atomic E-state index is 0.386. The highest BCUT2D eigenvalue weighted by Gasteiger charge is 2.23. The number of likely N-dealkylation sites (tertiary alicyclic amines) is 1. The van der Waals surface area contributed by atoms with Gasteiger partial charge in [-0.3, -0.25) is 4.90 Å². The number of hydrogen-bond donors (Lipinski definition) is 0. The molecule has 0 amide bonds. The summed E-state index contributed by atoms with van der Waals surface area (Å²) in [5.74, 6) is 0. The second kappa shape index (κ2) is 4.83. The number of methoxy groups -OCH3 is 1. The average Bonchev–Trinajstić information content (AvgIpc) is 2.51. The molecule has 2 heteroatoms. The summed E-state index contributed by atoms with van der Waals surface area (Å²) in [7, 11) is 1.79. The summed E-state index contributed by atoms with van der Waals surface area (Å²) < 4.78 is 5.26. The molecule has 0 radical (unpaired) electrons. The van der Waals surface area contributed by atoms with E-state index in [1.807, 2.05) is 0 Å². The second-order valence-electron chi connectivity index (χ2n) is 3.75. The van der Waals surface area contributed by atoms with Gasteiger partial charge in [0.25, 0.3) is 0 Å². The minimum Gasteiger partial charge on any atom is -0.380 e. The maximum absolute atomic E-state index is 5.26. The molecule has 2 atom stereocenters. The van der Waals surface area contributed by atoms with Gasteiger partial charge >= 0.3 is 0 Å². The van der Waals surface area contributed by atoms with Crippen molar-refractivity contribution in [2.24, 2.45) is 0 Å². The van der Waals surface area contributed by atoms with E-state index in [4.69, 9.17) is 4.74 Å². The topological polar surface area (TPSA) is 12.5 Å². The summed E-state index contributed by atoms with van der Waals surface area (Å²) in [5.41, 5.74) is 0. The van der Waals surface area contributed by atoms with E-state index in [0.717, 1.165) is 12.6 Å². The normalized spacial score (nSPS) is 27.8. The molecule has 2 unspecified atom stereocenters. The van der Waals surface area contributed by atoms with E-state index in [-0.39, 0.29) is 0 Å². The average molecular weight is 171 g/mol. The lowest BCUT2D eigenvalue weighted by molar-refractivity contribution is 0.0719. The number of nitrogens with zero attached hydrogens (tertiary/aromatic N) is 1. The van der Waals surface area contributed by atoms with Crippen LogP contribution in [-0.4, -0.2) is 37.2 Å². The van der Waals surface area contributed by atoms with Crippen molar-refractivity contribution in [2.75, 3.05) is 20.2 Å². The van der Waals surface area contributed by atoms with Gasteiger partial charge in [-0.25, -0.2) is 0 Å². The number of ether oxygens (including phenoxy) is 1. The molecule has 2 nitrogen and oxygen atoms in total. The first kappa shape index (κ1) is 10.0. The van der Waals surface area contributed by atoms with Gasteiger partial charge < -0.3 is 4.74 Å². The van der Waals surface area contributed by atoms with Crippen molar-refractivity contribution in [2.45, 2.75) is 45.3 Å². The maximum Gasteiger partial charge on any atom is 0.0670 e. The molecule has 1 aliphatic heterocycles. The fraction of sp³-hybridized carbons (Fsp3) is 1.00. The summed E-state index contributed by atoms with van der Waals surface area (Å²) in [4.78, 5) is 2.56. The fourth-order valence-electron chi connectivity index (χ4n) is 2.00. The van der Waals surface area contributed by atoms with E-state index >= 15 is 0 Å². The Labute approximate surface area is 75.9 Å². The summed E-state index contributed by atoms with van der Waals surface area (Å²) >= 11 is 0. The smallest absolute Gasteiger partial charge is 0.0670 e. The van der Waals surface area contributed by atoms with Crippen molar-refractivity contribution in [3.8, 4) is 0 Å². The van der Waals surface area contributed by atoms with Crippen molar-refractivity contribution in [1.82, 2.24) is 4.90 Å². The van der Waals surface area contributed by atoms with Crippen LogP contribution in [0, 0.1) is 0 Å². The molecule has 1 heterocycles. The first-order valence-electron chi connectivity index (χ1n) is 5.04. The first-order valence-corrected chi connectivity index (χ1v) is 5.04. The van der Waals surface area contributed by atoms with Gasteiger partial charge in [-0.15, -0.1) is 0 Å². The monoisotopic (exact) mass is 171 g/mol. The van der Waals surface area contributed by atoms with Gasteiger partial charge in [0.1, 0.15) is 0 Å². The zero-order chi connectivity index (χ0) is 8.97. The van der Waals surface area contributed by atoms with E-state index in [1.165, 1.54) is 25.8 Å². The third kappa shape index (κ3) is 2.46. The van der Waals surface area contributed by atoms with Gasteiger partial charge in [0.2, 0.25) is 0 Å². The predicted octanol–water partition coefficient (Wildman–Crippen LogP) is 1.90. The van der Waals surface area contributed by atoms with Crippen LogP contribution >= 0.6 is 0 Å². The molecule has 0 bridgehead atoms. The molecule has 1 rings (SSSR count). The highest BCUT2D eigenvalue weighted by molar-refractivity contribution is 4.78. The Kier molecular flexibility index (Phi) is 4.02. The molecule has 72 valence electrons.